The molecule has 0 saturated heterocycles. The van der Waals surface area contributed by atoms with Crippen LogP contribution >= 0.6 is 7.82 Å². The van der Waals surface area contributed by atoms with Crippen LogP contribution in [0.2, 0.25) is 0 Å². The molecular weight excluding hydrogens is 601 g/mol. The number of carbonyl (C=O) groups is 1. The first-order chi connectivity index (χ1) is 22.1. The minimum absolute atomic E-state index is 0.0276. The zero-order valence-corrected chi connectivity index (χ0v) is 31.7. The minimum Gasteiger partial charge on any atom is -0.756 e. The summed E-state index contributed by atoms with van der Waals surface area (Å²) in [5.74, 6) is -0.337. The third-order valence-corrected chi connectivity index (χ3v) is 9.03. The highest BCUT2D eigenvalue weighted by Crippen LogP contribution is 2.38. The van der Waals surface area contributed by atoms with Gasteiger partial charge in [0.05, 0.1) is 34.4 Å². The Kier molecular flexibility index (Phi) is 31.0. The van der Waals surface area contributed by atoms with Crippen molar-refractivity contribution in [3.05, 3.63) is 12.2 Å². The van der Waals surface area contributed by atoms with Crippen LogP contribution < -0.4 is 4.89 Å². The van der Waals surface area contributed by atoms with Crippen molar-refractivity contribution in [1.82, 2.24) is 0 Å². The number of nitrogens with zero attached hydrogens (tertiary/aromatic N) is 1. The van der Waals surface area contributed by atoms with Gasteiger partial charge in [-0.15, -0.1) is 0 Å². The van der Waals surface area contributed by atoms with Crippen LogP contribution in [0, 0.1) is 0 Å². The Morgan fingerprint density at radius 3 is 1.72 bits per heavy atom. The summed E-state index contributed by atoms with van der Waals surface area (Å²) in [7, 11) is 1.36. The summed E-state index contributed by atoms with van der Waals surface area (Å²) >= 11 is 0. The molecule has 0 aliphatic heterocycles. The second kappa shape index (κ2) is 31.5. The molecule has 0 aromatic heterocycles. The van der Waals surface area contributed by atoms with Gasteiger partial charge in [0.1, 0.15) is 19.3 Å². The van der Waals surface area contributed by atoms with Crippen LogP contribution in [0.15, 0.2) is 12.2 Å². The van der Waals surface area contributed by atoms with E-state index in [1.165, 1.54) is 109 Å². The second-order valence-electron chi connectivity index (χ2n) is 13.9. The Hall–Kier alpha value is -0.760. The third-order valence-electron chi connectivity index (χ3n) is 8.07. The molecular formula is C37H74NO7P. The largest absolute Gasteiger partial charge is 0.756 e. The van der Waals surface area contributed by atoms with Crippen molar-refractivity contribution in [2.24, 2.45) is 0 Å². The Bertz CT molecular complexity index is 756. The minimum atomic E-state index is -4.51. The first kappa shape index (κ1) is 45.2. The number of rotatable bonds is 35. The molecule has 2 atom stereocenters. The molecule has 2 unspecified atom stereocenters. The quantitative estimate of drug-likeness (QED) is 0.0217. The average Bonchev–Trinajstić information content (AvgIpc) is 2.99. The van der Waals surface area contributed by atoms with Crippen LogP contribution in [-0.2, 0) is 27.9 Å². The van der Waals surface area contributed by atoms with E-state index in [0.29, 0.717) is 24.1 Å². The molecule has 0 spiro atoms. The summed E-state index contributed by atoms with van der Waals surface area (Å²) < 4.78 is 34.4. The van der Waals surface area contributed by atoms with Crippen LogP contribution in [0.3, 0.4) is 0 Å². The van der Waals surface area contributed by atoms with Gasteiger partial charge < -0.3 is 27.9 Å². The third kappa shape index (κ3) is 34.6. The highest BCUT2D eigenvalue weighted by atomic mass is 31.2. The number of phosphoric acid groups is 1. The second-order valence-corrected chi connectivity index (χ2v) is 15.4. The SMILES string of the molecule is CCCC/C=C\CCCCCCCCOCC(COP(=O)([O-])OCC[N+](C)(C)C)OC(=O)CCCCCCCCCCCCCC. The number of allylic oxidation sites excluding steroid dienone is 2. The van der Waals surface area contributed by atoms with Gasteiger partial charge in [0, 0.05) is 13.0 Å². The van der Waals surface area contributed by atoms with Gasteiger partial charge in [-0.2, -0.15) is 0 Å². The highest BCUT2D eigenvalue weighted by molar-refractivity contribution is 7.45. The molecule has 0 radical (unpaired) electrons. The fourth-order valence-corrected chi connectivity index (χ4v) is 5.78. The van der Waals surface area contributed by atoms with E-state index in [-0.39, 0.29) is 25.8 Å². The van der Waals surface area contributed by atoms with Crippen molar-refractivity contribution in [1.29, 1.82) is 0 Å². The van der Waals surface area contributed by atoms with Crippen molar-refractivity contribution in [2.45, 2.75) is 168 Å². The lowest BCUT2D eigenvalue weighted by Crippen LogP contribution is -2.37. The average molecular weight is 676 g/mol. The number of phosphoric ester groups is 1. The molecule has 0 N–H and O–H groups in total. The maximum Gasteiger partial charge on any atom is 0.306 e. The van der Waals surface area contributed by atoms with E-state index in [0.717, 1.165) is 32.1 Å². The Morgan fingerprint density at radius 1 is 0.652 bits per heavy atom. The van der Waals surface area contributed by atoms with Crippen LogP contribution in [0.5, 0.6) is 0 Å². The van der Waals surface area contributed by atoms with E-state index >= 15 is 0 Å². The van der Waals surface area contributed by atoms with Gasteiger partial charge in [-0.25, -0.2) is 0 Å². The molecule has 0 bridgehead atoms. The normalized spacial score (nSPS) is 14.1. The number of quaternary nitrogens is 1. The molecule has 46 heavy (non-hydrogen) atoms. The van der Waals surface area contributed by atoms with Crippen LogP contribution in [-0.4, -0.2) is 70.7 Å². The smallest absolute Gasteiger partial charge is 0.306 e. The predicted molar refractivity (Wildman–Crippen MR) is 190 cm³/mol. The molecule has 0 aromatic carbocycles. The van der Waals surface area contributed by atoms with Crippen molar-refractivity contribution in [2.75, 3.05) is 54.1 Å². The Morgan fingerprint density at radius 2 is 1.15 bits per heavy atom. The molecule has 9 heteroatoms. The van der Waals surface area contributed by atoms with Gasteiger partial charge in [-0.05, 0) is 32.1 Å². The summed E-state index contributed by atoms with van der Waals surface area (Å²) in [6.45, 7) is 5.37. The number of hydrogen-bond donors (Lipinski definition) is 0. The standard InChI is InChI=1S/C37H74NO7P/c1-6-8-10-12-14-16-18-20-22-24-26-28-30-37(39)45-36(35-44-46(40,41)43-33-31-38(3,4)5)34-42-32-29-27-25-23-21-19-17-15-13-11-9-7-2/h13,15,36H,6-12,14,16-35H2,1-5H3/b15-13-. The van der Waals surface area contributed by atoms with Gasteiger partial charge in [0.25, 0.3) is 7.82 Å². The monoisotopic (exact) mass is 676 g/mol. The summed E-state index contributed by atoms with van der Waals surface area (Å²) in [5.41, 5.74) is 0. The fraction of sp³-hybridized carbons (Fsp3) is 0.919. The summed E-state index contributed by atoms with van der Waals surface area (Å²) in [4.78, 5) is 24.9. The lowest BCUT2D eigenvalue weighted by atomic mass is 10.0. The lowest BCUT2D eigenvalue weighted by Gasteiger charge is -2.28. The first-order valence-electron chi connectivity index (χ1n) is 18.9. The van der Waals surface area contributed by atoms with E-state index in [1.54, 1.807) is 0 Å². The van der Waals surface area contributed by atoms with Gasteiger partial charge in [-0.3, -0.25) is 9.36 Å². The first-order valence-corrected chi connectivity index (χ1v) is 20.4. The number of esters is 1. The van der Waals surface area contributed by atoms with Crippen LogP contribution in [0.1, 0.15) is 162 Å². The van der Waals surface area contributed by atoms with Crippen molar-refractivity contribution >= 4 is 13.8 Å². The topological polar surface area (TPSA) is 94.1 Å². The van der Waals surface area contributed by atoms with Crippen molar-refractivity contribution in [3.63, 3.8) is 0 Å². The maximum atomic E-state index is 12.6. The van der Waals surface area contributed by atoms with Crippen LogP contribution in [0.4, 0.5) is 0 Å². The molecule has 0 aromatic rings. The van der Waals surface area contributed by atoms with Crippen LogP contribution in [0.25, 0.3) is 0 Å². The molecule has 0 amide bonds. The summed E-state index contributed by atoms with van der Waals surface area (Å²) in [5, 5.41) is 0. The zero-order chi connectivity index (χ0) is 34.2. The number of carbonyl (C=O) groups excluding carboxylic acids is 1. The Balaban J connectivity index is 4.30. The van der Waals surface area contributed by atoms with E-state index in [9.17, 15) is 14.3 Å². The maximum absolute atomic E-state index is 12.6. The lowest BCUT2D eigenvalue weighted by molar-refractivity contribution is -0.870. The van der Waals surface area contributed by atoms with Gasteiger partial charge in [0.15, 0.2) is 0 Å². The molecule has 0 rings (SSSR count). The van der Waals surface area contributed by atoms with E-state index in [4.69, 9.17) is 18.5 Å². The molecule has 0 fully saturated rings. The molecule has 0 saturated carbocycles. The fourth-order valence-electron chi connectivity index (χ4n) is 5.06. The van der Waals surface area contributed by atoms with Crippen molar-refractivity contribution in [3.8, 4) is 0 Å². The van der Waals surface area contributed by atoms with Gasteiger partial charge >= 0.3 is 5.97 Å². The highest BCUT2D eigenvalue weighted by Gasteiger charge is 2.20. The molecule has 0 aliphatic carbocycles. The number of ether oxygens (including phenoxy) is 2. The molecule has 8 nitrogen and oxygen atoms in total. The number of unbranched alkanes of at least 4 members (excludes halogenated alkanes) is 19. The molecule has 0 heterocycles. The predicted octanol–water partition coefficient (Wildman–Crippen LogP) is 9.69. The van der Waals surface area contributed by atoms with Crippen molar-refractivity contribution < 1.29 is 37.3 Å². The Labute approximate surface area is 284 Å². The zero-order valence-electron chi connectivity index (χ0n) is 30.8. The number of likely N-dealkylation sites (N-methyl/N-ethyl adjacent to an activating group) is 1. The summed E-state index contributed by atoms with van der Waals surface area (Å²) in [6, 6.07) is 0. The van der Waals surface area contributed by atoms with E-state index < -0.39 is 13.9 Å². The van der Waals surface area contributed by atoms with E-state index in [1.807, 2.05) is 21.1 Å². The molecule has 0 aliphatic rings. The van der Waals surface area contributed by atoms with Gasteiger partial charge in [-0.1, -0.05) is 135 Å². The number of hydrogen-bond acceptors (Lipinski definition) is 7. The van der Waals surface area contributed by atoms with Gasteiger partial charge in [0.2, 0.25) is 0 Å². The molecule has 274 valence electrons. The summed E-state index contributed by atoms with van der Waals surface area (Å²) in [6.07, 6.45) is 30.7. The van der Waals surface area contributed by atoms with E-state index in [2.05, 4.69) is 26.0 Å².